The van der Waals surface area contributed by atoms with E-state index in [0.29, 0.717) is 33.2 Å². The molecule has 0 aliphatic rings. The van der Waals surface area contributed by atoms with Crippen LogP contribution >= 0.6 is 11.3 Å². The number of hydrogen-bond donors (Lipinski definition) is 0. The van der Waals surface area contributed by atoms with Gasteiger partial charge in [0.05, 0.1) is 23.1 Å². The Morgan fingerprint density at radius 3 is 2.93 bits per heavy atom. The van der Waals surface area contributed by atoms with Gasteiger partial charge in [0.1, 0.15) is 22.4 Å². The topological polar surface area (TPSA) is 80.0 Å². The summed E-state index contributed by atoms with van der Waals surface area (Å²) in [6.07, 6.45) is 6.72. The van der Waals surface area contributed by atoms with Gasteiger partial charge >= 0.3 is 5.63 Å². The summed E-state index contributed by atoms with van der Waals surface area (Å²) in [5, 5.41) is 12.5. The molecule has 0 bridgehead atoms. The summed E-state index contributed by atoms with van der Waals surface area (Å²) in [5.74, 6) is 0.692. The molecule has 4 aromatic rings. The van der Waals surface area contributed by atoms with E-state index in [9.17, 15) is 10.1 Å². The predicted octanol–water partition coefficient (Wildman–Crippen LogP) is 5.13. The number of fused-ring (bicyclic) bond motifs is 1. The number of aromatic nitrogens is 1. The van der Waals surface area contributed by atoms with Crippen LogP contribution in [0.4, 0.5) is 0 Å². The molecular weight excluding hydrogens is 360 g/mol. The lowest BCUT2D eigenvalue weighted by Gasteiger charge is -1.99. The minimum atomic E-state index is -0.453. The van der Waals surface area contributed by atoms with Gasteiger partial charge in [-0.2, -0.15) is 5.26 Å². The molecule has 0 fully saturated rings. The summed E-state index contributed by atoms with van der Waals surface area (Å²) in [6.45, 7) is 0. The van der Waals surface area contributed by atoms with Gasteiger partial charge in [-0.1, -0.05) is 24.3 Å². The molecule has 0 radical (unpaired) electrons. The van der Waals surface area contributed by atoms with E-state index in [-0.39, 0.29) is 0 Å². The summed E-state index contributed by atoms with van der Waals surface area (Å²) in [6, 6.07) is 14.8. The highest BCUT2D eigenvalue weighted by atomic mass is 32.1. The molecule has 0 spiro atoms. The number of rotatable bonds is 4. The Bertz CT molecular complexity index is 1250. The lowest BCUT2D eigenvalue weighted by atomic mass is 10.1. The fourth-order valence-electron chi connectivity index (χ4n) is 2.54. The zero-order chi connectivity index (χ0) is 18.6. The van der Waals surface area contributed by atoms with Gasteiger partial charge < -0.3 is 8.83 Å². The summed E-state index contributed by atoms with van der Waals surface area (Å²) in [7, 11) is 0. The molecule has 3 aromatic heterocycles. The van der Waals surface area contributed by atoms with Gasteiger partial charge in [0.25, 0.3) is 0 Å². The largest absolute Gasteiger partial charge is 0.465 e. The van der Waals surface area contributed by atoms with Crippen molar-refractivity contribution in [1.29, 1.82) is 5.26 Å². The number of para-hydroxylation sites is 1. The van der Waals surface area contributed by atoms with Crippen LogP contribution in [0, 0.1) is 11.3 Å². The molecule has 0 saturated heterocycles. The number of nitriles is 1. The highest BCUT2D eigenvalue weighted by Gasteiger charge is 2.13. The fraction of sp³-hybridized carbons (Fsp3) is 0. The minimum Gasteiger partial charge on any atom is -0.465 e. The third-order valence-electron chi connectivity index (χ3n) is 3.84. The molecule has 5 nitrogen and oxygen atoms in total. The van der Waals surface area contributed by atoms with Crippen molar-refractivity contribution in [3.63, 3.8) is 0 Å². The van der Waals surface area contributed by atoms with Crippen LogP contribution in [-0.4, -0.2) is 4.98 Å². The van der Waals surface area contributed by atoms with Crippen LogP contribution in [-0.2, 0) is 0 Å². The van der Waals surface area contributed by atoms with Crippen molar-refractivity contribution in [2.45, 2.75) is 0 Å². The second kappa shape index (κ2) is 7.28. The smallest absolute Gasteiger partial charge is 0.345 e. The van der Waals surface area contributed by atoms with Crippen molar-refractivity contribution in [3.05, 3.63) is 87.4 Å². The molecule has 3 heterocycles. The molecule has 0 aliphatic heterocycles. The number of hydrogen-bond acceptors (Lipinski definition) is 6. The highest BCUT2D eigenvalue weighted by molar-refractivity contribution is 7.11. The van der Waals surface area contributed by atoms with Crippen molar-refractivity contribution < 1.29 is 8.83 Å². The van der Waals surface area contributed by atoms with Crippen LogP contribution in [0.2, 0.25) is 0 Å². The molecular formula is C21H12N2O3S. The number of benzene rings is 1. The number of nitrogens with zero attached hydrogens (tertiary/aromatic N) is 2. The maximum Gasteiger partial charge on any atom is 0.345 e. The standard InChI is InChI=1S/C21H12N2O3S/c22-12-15(6-3-7-16-8-4-10-25-16)20-23-18(13-27-20)17-11-14-5-1-2-9-19(14)26-21(17)24/h1-11,13H/b7-3+,15-6+. The minimum absolute atomic E-state index is 0.375. The van der Waals surface area contributed by atoms with Crippen LogP contribution in [0.25, 0.3) is 33.9 Å². The number of thiazole rings is 1. The highest BCUT2D eigenvalue weighted by Crippen LogP contribution is 2.26. The van der Waals surface area contributed by atoms with Crippen LogP contribution in [0.15, 0.2) is 79.9 Å². The molecule has 0 unspecified atom stereocenters. The SMILES string of the molecule is N#C/C(=C\C=C\c1ccco1)c1nc(-c2cc3ccccc3oc2=O)cs1. The average Bonchev–Trinajstić information content (AvgIpc) is 3.37. The summed E-state index contributed by atoms with van der Waals surface area (Å²) < 4.78 is 10.6. The Morgan fingerprint density at radius 1 is 1.22 bits per heavy atom. The van der Waals surface area contributed by atoms with E-state index in [0.717, 1.165) is 5.39 Å². The van der Waals surface area contributed by atoms with E-state index in [1.54, 1.807) is 48.1 Å². The van der Waals surface area contributed by atoms with Crippen molar-refractivity contribution in [2.75, 3.05) is 0 Å². The summed E-state index contributed by atoms with van der Waals surface area (Å²) in [4.78, 5) is 16.7. The zero-order valence-electron chi connectivity index (χ0n) is 14.0. The molecule has 0 amide bonds. The van der Waals surface area contributed by atoms with Crippen LogP contribution < -0.4 is 5.63 Å². The monoisotopic (exact) mass is 372 g/mol. The molecule has 4 rings (SSSR count). The fourth-order valence-corrected chi connectivity index (χ4v) is 3.34. The van der Waals surface area contributed by atoms with E-state index in [2.05, 4.69) is 11.1 Å². The molecule has 0 aliphatic carbocycles. The van der Waals surface area contributed by atoms with E-state index in [1.165, 1.54) is 11.3 Å². The Morgan fingerprint density at radius 2 is 2.11 bits per heavy atom. The maximum absolute atomic E-state index is 12.3. The third kappa shape index (κ3) is 3.50. The summed E-state index contributed by atoms with van der Waals surface area (Å²) in [5.41, 5.74) is 1.35. The average molecular weight is 372 g/mol. The van der Waals surface area contributed by atoms with Crippen LogP contribution in [0.3, 0.4) is 0 Å². The number of allylic oxidation sites excluding steroid dienone is 3. The van der Waals surface area contributed by atoms with Gasteiger partial charge in [0.15, 0.2) is 0 Å². The molecule has 0 saturated carbocycles. The van der Waals surface area contributed by atoms with Crippen LogP contribution in [0.1, 0.15) is 10.8 Å². The molecule has 6 heteroatoms. The third-order valence-corrected chi connectivity index (χ3v) is 4.71. The van der Waals surface area contributed by atoms with Crippen LogP contribution in [0.5, 0.6) is 0 Å². The van der Waals surface area contributed by atoms with E-state index in [4.69, 9.17) is 8.83 Å². The zero-order valence-corrected chi connectivity index (χ0v) is 14.8. The second-order valence-corrected chi connectivity index (χ2v) is 6.45. The van der Waals surface area contributed by atoms with Gasteiger partial charge in [0.2, 0.25) is 0 Å². The Labute approximate surface area is 158 Å². The first-order valence-electron chi connectivity index (χ1n) is 8.06. The first kappa shape index (κ1) is 16.8. The lowest BCUT2D eigenvalue weighted by molar-refractivity contribution is 0.557. The van der Waals surface area contributed by atoms with Gasteiger partial charge in [0, 0.05) is 10.8 Å². The first-order chi connectivity index (χ1) is 13.2. The molecule has 27 heavy (non-hydrogen) atoms. The Hall–Kier alpha value is -3.69. The Kier molecular flexibility index (Phi) is 4.52. The molecule has 1 aromatic carbocycles. The summed E-state index contributed by atoms with van der Waals surface area (Å²) >= 11 is 1.30. The van der Waals surface area contributed by atoms with E-state index < -0.39 is 5.63 Å². The number of furan rings is 1. The predicted molar refractivity (Wildman–Crippen MR) is 105 cm³/mol. The molecule has 0 N–H and O–H groups in total. The van der Waals surface area contributed by atoms with Gasteiger partial charge in [-0.15, -0.1) is 11.3 Å². The van der Waals surface area contributed by atoms with Gasteiger partial charge in [-0.3, -0.25) is 0 Å². The lowest BCUT2D eigenvalue weighted by Crippen LogP contribution is -2.02. The van der Waals surface area contributed by atoms with Crippen molar-refractivity contribution in [1.82, 2.24) is 4.98 Å². The quantitative estimate of drug-likeness (QED) is 0.282. The molecule has 130 valence electrons. The molecule has 0 atom stereocenters. The van der Waals surface area contributed by atoms with Gasteiger partial charge in [-0.25, -0.2) is 9.78 Å². The second-order valence-electron chi connectivity index (χ2n) is 5.59. The Balaban J connectivity index is 1.67. The van der Waals surface area contributed by atoms with Crippen molar-refractivity contribution >= 4 is 34.0 Å². The van der Waals surface area contributed by atoms with Crippen molar-refractivity contribution in [3.8, 4) is 17.3 Å². The first-order valence-corrected chi connectivity index (χ1v) is 8.94. The van der Waals surface area contributed by atoms with Gasteiger partial charge in [-0.05, 0) is 36.4 Å². The van der Waals surface area contributed by atoms with E-state index in [1.807, 2.05) is 24.3 Å². The van der Waals surface area contributed by atoms with E-state index >= 15 is 0 Å². The maximum atomic E-state index is 12.3. The normalized spacial score (nSPS) is 11.9. The van der Waals surface area contributed by atoms with Crippen molar-refractivity contribution in [2.24, 2.45) is 0 Å².